The van der Waals surface area contributed by atoms with Crippen LogP contribution in [-0.4, -0.2) is 29.6 Å². The van der Waals surface area contributed by atoms with Crippen LogP contribution in [-0.2, 0) is 4.79 Å². The maximum atomic E-state index is 12.3. The van der Waals surface area contributed by atoms with Gasteiger partial charge in [-0.25, -0.2) is 4.39 Å². The number of carboxylic acids is 1. The molecule has 0 aliphatic rings. The first-order chi connectivity index (χ1) is 5.73. The molecule has 7 heteroatoms. The minimum Gasteiger partial charge on any atom is -0.481 e. The molecule has 0 saturated heterocycles. The molecule has 0 heterocycles. The predicted molar refractivity (Wildman–Crippen MR) is 32.7 cm³/mol. The molecule has 78 valence electrons. The highest BCUT2D eigenvalue weighted by molar-refractivity contribution is 5.66. The van der Waals surface area contributed by atoms with Gasteiger partial charge in [0.1, 0.15) is 0 Å². The predicted octanol–water partition coefficient (Wildman–Crippen LogP) is 2.09. The number of alkyl halides is 5. The third-order valence-electron chi connectivity index (χ3n) is 1.36. The van der Waals surface area contributed by atoms with Gasteiger partial charge in [-0.1, -0.05) is 0 Å². The molecule has 13 heavy (non-hydrogen) atoms. The Labute approximate surface area is 70.3 Å². The van der Waals surface area contributed by atoms with Gasteiger partial charge in [-0.05, 0) is 0 Å². The zero-order chi connectivity index (χ0) is 10.7. The first kappa shape index (κ1) is 12.1. The number of hydrogen-bond donors (Lipinski definition) is 1. The van der Waals surface area contributed by atoms with Crippen LogP contribution in [0.25, 0.3) is 0 Å². The van der Waals surface area contributed by atoms with E-state index in [9.17, 15) is 26.7 Å². The topological polar surface area (TPSA) is 37.3 Å². The zero-order valence-corrected chi connectivity index (χ0v) is 6.37. The fraction of sp³-hybridized carbons (Fsp3) is 0.833. The largest absolute Gasteiger partial charge is 0.481 e. The minimum atomic E-state index is -4.79. The molecule has 0 rings (SSSR count). The van der Waals surface area contributed by atoms with Crippen molar-refractivity contribution in [1.29, 1.82) is 0 Å². The molecular weight excluding hydrogens is 199 g/mol. The summed E-state index contributed by atoms with van der Waals surface area (Å²) in [7, 11) is 0. The van der Waals surface area contributed by atoms with Gasteiger partial charge in [-0.3, -0.25) is 4.79 Å². The van der Waals surface area contributed by atoms with Crippen LogP contribution in [0, 0.1) is 0 Å². The summed E-state index contributed by atoms with van der Waals surface area (Å²) in [6.07, 6.45) is -2.69. The zero-order valence-electron chi connectivity index (χ0n) is 6.37. The maximum absolute atomic E-state index is 12.3. The van der Waals surface area contributed by atoms with Crippen molar-refractivity contribution in [2.45, 2.75) is 24.7 Å². The second-order valence-corrected chi connectivity index (χ2v) is 2.44. The number of carbonyl (C=O) groups is 1. The average Bonchev–Trinajstić information content (AvgIpc) is 2.01. The van der Waals surface area contributed by atoms with Gasteiger partial charge in [-0.15, -0.1) is 0 Å². The van der Waals surface area contributed by atoms with Gasteiger partial charge in [0.25, 0.3) is 0 Å². The van der Waals surface area contributed by atoms with E-state index in [0.29, 0.717) is 0 Å². The number of rotatable bonds is 5. The van der Waals surface area contributed by atoms with Gasteiger partial charge >= 0.3 is 17.8 Å². The minimum absolute atomic E-state index is 1.12. The van der Waals surface area contributed by atoms with Gasteiger partial charge in [0.05, 0.1) is 6.42 Å². The van der Waals surface area contributed by atoms with E-state index >= 15 is 0 Å². The first-order valence-corrected chi connectivity index (χ1v) is 3.26. The summed E-state index contributed by atoms with van der Waals surface area (Å²) in [5.41, 5.74) is 0. The Morgan fingerprint density at radius 1 is 1.15 bits per heavy atom. The van der Waals surface area contributed by atoms with Crippen LogP contribution < -0.4 is 0 Å². The standard InChI is InChI=1S/C6H7F5O2/c7-3-6(10,11)5(8,9)2-1-4(12)13/h1-3H2,(H,12,13). The van der Waals surface area contributed by atoms with E-state index in [2.05, 4.69) is 0 Å². The molecule has 0 spiro atoms. The van der Waals surface area contributed by atoms with Crippen LogP contribution in [0.3, 0.4) is 0 Å². The molecule has 0 saturated carbocycles. The first-order valence-electron chi connectivity index (χ1n) is 3.26. The van der Waals surface area contributed by atoms with Gasteiger partial charge in [-0.2, -0.15) is 17.6 Å². The molecule has 0 aromatic rings. The van der Waals surface area contributed by atoms with E-state index in [1.54, 1.807) is 0 Å². The molecule has 2 nitrogen and oxygen atoms in total. The lowest BCUT2D eigenvalue weighted by molar-refractivity contribution is -0.219. The van der Waals surface area contributed by atoms with Crippen LogP contribution in [0.5, 0.6) is 0 Å². The molecule has 0 amide bonds. The van der Waals surface area contributed by atoms with Crippen molar-refractivity contribution in [3.63, 3.8) is 0 Å². The van der Waals surface area contributed by atoms with Crippen molar-refractivity contribution in [2.24, 2.45) is 0 Å². The summed E-state index contributed by atoms with van der Waals surface area (Å²) in [5.74, 6) is -11.0. The average molecular weight is 206 g/mol. The Kier molecular flexibility index (Phi) is 3.62. The number of hydrogen-bond acceptors (Lipinski definition) is 1. The third kappa shape index (κ3) is 3.16. The smallest absolute Gasteiger partial charge is 0.337 e. The van der Waals surface area contributed by atoms with Crippen molar-refractivity contribution in [3.05, 3.63) is 0 Å². The van der Waals surface area contributed by atoms with Gasteiger partial charge in [0.2, 0.25) is 0 Å². The second kappa shape index (κ2) is 3.89. The molecule has 0 aromatic heterocycles. The van der Waals surface area contributed by atoms with E-state index in [1.807, 2.05) is 0 Å². The highest BCUT2D eigenvalue weighted by atomic mass is 19.3. The molecule has 0 fully saturated rings. The number of carboxylic acid groups (broad SMARTS) is 1. The Morgan fingerprint density at radius 2 is 1.62 bits per heavy atom. The summed E-state index contributed by atoms with van der Waals surface area (Å²) < 4.78 is 60.2. The normalized spacial score (nSPS) is 13.0. The Balaban J connectivity index is 4.30. The Morgan fingerprint density at radius 3 is 1.92 bits per heavy atom. The van der Waals surface area contributed by atoms with E-state index in [-0.39, 0.29) is 0 Å². The SMILES string of the molecule is O=C(O)CCC(F)(F)C(F)(F)CF. The summed E-state index contributed by atoms with van der Waals surface area (Å²) in [6.45, 7) is -2.50. The lowest BCUT2D eigenvalue weighted by atomic mass is 10.1. The summed E-state index contributed by atoms with van der Waals surface area (Å²) >= 11 is 0. The summed E-state index contributed by atoms with van der Waals surface area (Å²) in [4.78, 5) is 9.79. The van der Waals surface area contributed by atoms with Crippen molar-refractivity contribution >= 4 is 5.97 Å². The van der Waals surface area contributed by atoms with E-state index in [0.717, 1.165) is 0 Å². The van der Waals surface area contributed by atoms with Gasteiger partial charge in [0, 0.05) is 6.42 Å². The molecule has 0 aliphatic carbocycles. The van der Waals surface area contributed by atoms with Crippen LogP contribution in [0.1, 0.15) is 12.8 Å². The molecule has 0 aliphatic heterocycles. The molecule has 1 N–H and O–H groups in total. The summed E-state index contributed by atoms with van der Waals surface area (Å²) in [5, 5.41) is 7.94. The van der Waals surface area contributed by atoms with Crippen LogP contribution in [0.15, 0.2) is 0 Å². The fourth-order valence-electron chi connectivity index (χ4n) is 0.545. The molecule has 0 aromatic carbocycles. The maximum Gasteiger partial charge on any atom is 0.337 e. The van der Waals surface area contributed by atoms with Crippen LogP contribution in [0.2, 0.25) is 0 Å². The van der Waals surface area contributed by atoms with E-state index in [1.165, 1.54) is 0 Å². The molecule has 0 bridgehead atoms. The second-order valence-electron chi connectivity index (χ2n) is 2.44. The Hall–Kier alpha value is -0.880. The number of halogens is 5. The quantitative estimate of drug-likeness (QED) is 0.699. The van der Waals surface area contributed by atoms with Crippen LogP contribution >= 0.6 is 0 Å². The van der Waals surface area contributed by atoms with E-state index < -0.39 is 37.3 Å². The number of aliphatic carboxylic acids is 1. The highest BCUT2D eigenvalue weighted by Crippen LogP contribution is 2.37. The van der Waals surface area contributed by atoms with Crippen LogP contribution in [0.4, 0.5) is 22.0 Å². The lowest BCUT2D eigenvalue weighted by Crippen LogP contribution is -2.42. The van der Waals surface area contributed by atoms with Crippen molar-refractivity contribution in [1.82, 2.24) is 0 Å². The van der Waals surface area contributed by atoms with Crippen molar-refractivity contribution < 1.29 is 31.9 Å². The van der Waals surface area contributed by atoms with Crippen molar-refractivity contribution in [3.8, 4) is 0 Å². The lowest BCUT2D eigenvalue weighted by Gasteiger charge is -2.23. The fourth-order valence-corrected chi connectivity index (χ4v) is 0.545. The molecule has 0 atom stereocenters. The highest BCUT2D eigenvalue weighted by Gasteiger charge is 2.55. The molecular formula is C6H7F5O2. The Bertz CT molecular complexity index is 191. The summed E-state index contributed by atoms with van der Waals surface area (Å²) in [6, 6.07) is 0. The van der Waals surface area contributed by atoms with Crippen molar-refractivity contribution in [2.75, 3.05) is 6.67 Å². The van der Waals surface area contributed by atoms with Gasteiger partial charge in [0.15, 0.2) is 6.67 Å². The monoisotopic (exact) mass is 206 g/mol. The molecule has 0 radical (unpaired) electrons. The molecule has 0 unspecified atom stereocenters. The van der Waals surface area contributed by atoms with Gasteiger partial charge < -0.3 is 5.11 Å². The third-order valence-corrected chi connectivity index (χ3v) is 1.36. The van der Waals surface area contributed by atoms with E-state index in [4.69, 9.17) is 5.11 Å².